The number of alkyl halides is 6. The van der Waals surface area contributed by atoms with E-state index in [1.807, 2.05) is 23.7 Å². The standard InChI is InChI=1S/C16H19N3O2S.2C2HF3O2/c1-2-14(6-17-3-1)21-12-16-10-19(7-13(16)9-20-11-16)8-15-18-4-5-22-15;2*3-2(4,5)1(6)7/h1-6,13H,7-12H2;2*(H,6,7)/t13-,16+;;/m1../s1. The molecule has 0 unspecified atom stereocenters. The smallest absolute Gasteiger partial charge is 0.490 e. The Hall–Kier alpha value is -2.98. The summed E-state index contributed by atoms with van der Waals surface area (Å²) in [5, 5.41) is 17.5. The Balaban J connectivity index is 0.000000271. The lowest BCUT2D eigenvalue weighted by molar-refractivity contribution is -0.193. The molecule has 2 aromatic heterocycles. The fourth-order valence-electron chi connectivity index (χ4n) is 3.45. The third kappa shape index (κ3) is 8.91. The minimum Gasteiger partial charge on any atom is -0.491 e. The molecule has 2 aliphatic heterocycles. The summed E-state index contributed by atoms with van der Waals surface area (Å²) in [5.41, 5.74) is 0.104. The van der Waals surface area contributed by atoms with E-state index in [-0.39, 0.29) is 5.41 Å². The van der Waals surface area contributed by atoms with Gasteiger partial charge in [0.1, 0.15) is 10.8 Å². The van der Waals surface area contributed by atoms with E-state index in [4.69, 9.17) is 29.3 Å². The number of carboxylic acids is 2. The molecule has 36 heavy (non-hydrogen) atoms. The maximum Gasteiger partial charge on any atom is 0.490 e. The third-order valence-electron chi connectivity index (χ3n) is 5.08. The molecule has 0 radical (unpaired) electrons. The average Bonchev–Trinajstić information content (AvgIpc) is 3.49. The Morgan fingerprint density at radius 1 is 1.17 bits per heavy atom. The molecule has 2 saturated heterocycles. The maximum absolute atomic E-state index is 10.6. The van der Waals surface area contributed by atoms with Gasteiger partial charge in [0.2, 0.25) is 0 Å². The highest BCUT2D eigenvalue weighted by Gasteiger charge is 2.51. The van der Waals surface area contributed by atoms with Crippen LogP contribution in [0.1, 0.15) is 5.01 Å². The number of halogens is 6. The van der Waals surface area contributed by atoms with Gasteiger partial charge in [0, 0.05) is 42.2 Å². The van der Waals surface area contributed by atoms with E-state index in [0.29, 0.717) is 12.5 Å². The van der Waals surface area contributed by atoms with Crippen molar-refractivity contribution in [1.29, 1.82) is 0 Å². The zero-order valence-electron chi connectivity index (χ0n) is 18.3. The molecule has 2 aliphatic rings. The van der Waals surface area contributed by atoms with Crippen LogP contribution in [0.3, 0.4) is 0 Å². The predicted molar refractivity (Wildman–Crippen MR) is 111 cm³/mol. The lowest BCUT2D eigenvalue weighted by Crippen LogP contribution is -2.36. The lowest BCUT2D eigenvalue weighted by atomic mass is 9.82. The van der Waals surface area contributed by atoms with Crippen LogP contribution in [0.5, 0.6) is 5.75 Å². The number of nitrogens with zero attached hydrogens (tertiary/aromatic N) is 3. The van der Waals surface area contributed by atoms with Crippen molar-refractivity contribution in [2.75, 3.05) is 32.9 Å². The highest BCUT2D eigenvalue weighted by atomic mass is 32.1. The normalized spacial score (nSPS) is 21.4. The first-order valence-electron chi connectivity index (χ1n) is 10.0. The zero-order valence-corrected chi connectivity index (χ0v) is 19.1. The number of carbonyl (C=O) groups is 2. The van der Waals surface area contributed by atoms with Crippen LogP contribution in [0.4, 0.5) is 26.3 Å². The molecule has 0 aromatic carbocycles. The quantitative estimate of drug-likeness (QED) is 0.545. The number of ether oxygens (including phenoxy) is 2. The van der Waals surface area contributed by atoms with Gasteiger partial charge in [-0.05, 0) is 12.1 Å². The minimum atomic E-state index is -5.08. The first-order valence-corrected chi connectivity index (χ1v) is 10.9. The summed E-state index contributed by atoms with van der Waals surface area (Å²) in [4.78, 5) is 28.8. The molecule has 2 aromatic rings. The monoisotopic (exact) mass is 545 g/mol. The molecule has 0 amide bonds. The summed E-state index contributed by atoms with van der Waals surface area (Å²) in [5.74, 6) is -4.13. The Morgan fingerprint density at radius 3 is 2.31 bits per heavy atom. The number of rotatable bonds is 5. The second-order valence-electron chi connectivity index (χ2n) is 7.75. The largest absolute Gasteiger partial charge is 0.491 e. The van der Waals surface area contributed by atoms with Crippen LogP contribution in [0, 0.1) is 11.3 Å². The van der Waals surface area contributed by atoms with Gasteiger partial charge in [-0.1, -0.05) is 0 Å². The molecule has 4 heterocycles. The van der Waals surface area contributed by atoms with Crippen molar-refractivity contribution < 1.29 is 55.6 Å². The van der Waals surface area contributed by atoms with Gasteiger partial charge >= 0.3 is 24.3 Å². The number of likely N-dealkylation sites (tertiary alicyclic amines) is 1. The zero-order chi connectivity index (χ0) is 27.0. The highest BCUT2D eigenvalue weighted by molar-refractivity contribution is 7.09. The van der Waals surface area contributed by atoms with Gasteiger partial charge in [-0.25, -0.2) is 14.6 Å². The molecular formula is C20H21F6N3O6S. The molecule has 0 saturated carbocycles. The first-order chi connectivity index (χ1) is 16.7. The first kappa shape index (κ1) is 29.3. The molecule has 200 valence electrons. The van der Waals surface area contributed by atoms with Crippen LogP contribution in [-0.4, -0.2) is 82.3 Å². The van der Waals surface area contributed by atoms with Crippen molar-refractivity contribution in [3.63, 3.8) is 0 Å². The summed E-state index contributed by atoms with van der Waals surface area (Å²) in [6.45, 7) is 5.32. The number of aliphatic carboxylic acids is 2. The predicted octanol–water partition coefficient (Wildman–Crippen LogP) is 3.33. The van der Waals surface area contributed by atoms with E-state index in [9.17, 15) is 26.3 Å². The summed E-state index contributed by atoms with van der Waals surface area (Å²) in [6, 6.07) is 3.86. The van der Waals surface area contributed by atoms with Crippen LogP contribution >= 0.6 is 11.3 Å². The second-order valence-corrected chi connectivity index (χ2v) is 8.73. The van der Waals surface area contributed by atoms with Crippen LogP contribution in [0.2, 0.25) is 0 Å². The van der Waals surface area contributed by atoms with E-state index in [1.165, 1.54) is 5.01 Å². The van der Waals surface area contributed by atoms with Crippen LogP contribution in [0.25, 0.3) is 0 Å². The van der Waals surface area contributed by atoms with Crippen LogP contribution in [-0.2, 0) is 20.9 Å². The SMILES string of the molecule is O=C(O)C(F)(F)F.O=C(O)C(F)(F)F.c1cncc(OC[C@]23COC[C@H]2CN(Cc2nccs2)C3)c1. The second kappa shape index (κ2) is 12.3. The van der Waals surface area contributed by atoms with Crippen LogP contribution < -0.4 is 4.74 Å². The molecule has 0 spiro atoms. The topological polar surface area (TPSA) is 122 Å². The number of hydrogen-bond donors (Lipinski definition) is 2. The van der Waals surface area contributed by atoms with E-state index in [1.54, 1.807) is 23.7 Å². The molecule has 9 nitrogen and oxygen atoms in total. The van der Waals surface area contributed by atoms with Crippen molar-refractivity contribution in [3.8, 4) is 5.75 Å². The molecule has 0 aliphatic carbocycles. The number of pyridine rings is 1. The van der Waals surface area contributed by atoms with E-state index in [2.05, 4.69) is 14.9 Å². The Bertz CT molecular complexity index is 953. The molecule has 2 fully saturated rings. The van der Waals surface area contributed by atoms with E-state index in [0.717, 1.165) is 38.6 Å². The lowest BCUT2D eigenvalue weighted by Gasteiger charge is -2.27. The molecule has 4 rings (SSSR count). The highest BCUT2D eigenvalue weighted by Crippen LogP contribution is 2.42. The van der Waals surface area contributed by atoms with Crippen LogP contribution in [0.15, 0.2) is 36.1 Å². The summed E-state index contributed by atoms with van der Waals surface area (Å²) < 4.78 is 75.2. The Morgan fingerprint density at radius 2 is 1.81 bits per heavy atom. The number of carboxylic acid groups (broad SMARTS) is 2. The summed E-state index contributed by atoms with van der Waals surface area (Å²) in [6.07, 6.45) is -4.76. The van der Waals surface area contributed by atoms with Crippen molar-refractivity contribution in [2.24, 2.45) is 11.3 Å². The summed E-state index contributed by atoms with van der Waals surface area (Å²) >= 11 is 1.72. The molecular weight excluding hydrogens is 524 g/mol. The number of hydrogen-bond acceptors (Lipinski definition) is 8. The molecule has 2 N–H and O–H groups in total. The third-order valence-corrected chi connectivity index (χ3v) is 5.84. The minimum absolute atomic E-state index is 0.104. The van der Waals surface area contributed by atoms with Crippen molar-refractivity contribution >= 4 is 23.3 Å². The number of thiazole rings is 1. The van der Waals surface area contributed by atoms with Crippen molar-refractivity contribution in [1.82, 2.24) is 14.9 Å². The fourth-order valence-corrected chi connectivity index (χ4v) is 4.11. The van der Waals surface area contributed by atoms with E-state index >= 15 is 0 Å². The van der Waals surface area contributed by atoms with Gasteiger partial charge in [-0.2, -0.15) is 26.3 Å². The molecule has 16 heteroatoms. The van der Waals surface area contributed by atoms with Crippen molar-refractivity contribution in [2.45, 2.75) is 18.9 Å². The summed E-state index contributed by atoms with van der Waals surface area (Å²) in [7, 11) is 0. The molecule has 2 atom stereocenters. The van der Waals surface area contributed by atoms with Gasteiger partial charge in [0.25, 0.3) is 0 Å². The van der Waals surface area contributed by atoms with Gasteiger partial charge < -0.3 is 19.7 Å². The maximum atomic E-state index is 10.6. The number of aromatic nitrogens is 2. The Labute approximate surface area is 204 Å². The molecule has 0 bridgehead atoms. The van der Waals surface area contributed by atoms with Gasteiger partial charge in [-0.15, -0.1) is 11.3 Å². The van der Waals surface area contributed by atoms with Crippen molar-refractivity contribution in [3.05, 3.63) is 41.1 Å². The Kier molecular flexibility index (Phi) is 10.0. The number of fused-ring (bicyclic) bond motifs is 1. The van der Waals surface area contributed by atoms with Gasteiger partial charge in [0.05, 0.1) is 32.6 Å². The fraction of sp³-hybridized carbons (Fsp3) is 0.500. The van der Waals surface area contributed by atoms with Gasteiger partial charge in [0.15, 0.2) is 0 Å². The average molecular weight is 545 g/mol. The van der Waals surface area contributed by atoms with E-state index < -0.39 is 24.3 Å². The van der Waals surface area contributed by atoms with Gasteiger partial charge in [-0.3, -0.25) is 9.88 Å².